The van der Waals surface area contributed by atoms with Crippen LogP contribution in [0.1, 0.15) is 11.1 Å². The van der Waals surface area contributed by atoms with Crippen LogP contribution < -0.4 is 5.73 Å². The molecule has 0 aliphatic carbocycles. The molecule has 0 saturated carbocycles. The van der Waals surface area contributed by atoms with Gasteiger partial charge in [-0.2, -0.15) is 0 Å². The molecule has 2 rings (SSSR count). The summed E-state index contributed by atoms with van der Waals surface area (Å²) < 4.78 is 5.56. The lowest BCUT2D eigenvalue weighted by molar-refractivity contribution is 0.756. The average Bonchev–Trinajstić information content (AvgIpc) is 2.34. The highest BCUT2D eigenvalue weighted by molar-refractivity contribution is 8.08. The summed E-state index contributed by atoms with van der Waals surface area (Å²) in [6.45, 7) is 4.17. The van der Waals surface area contributed by atoms with Crippen LogP contribution in [0.5, 0.6) is 0 Å². The summed E-state index contributed by atoms with van der Waals surface area (Å²) in [4.78, 5) is 2.07. The van der Waals surface area contributed by atoms with E-state index in [4.69, 9.17) is 9.36 Å². The first-order valence-electron chi connectivity index (χ1n) is 5.60. The standard InChI is InChI=1S/C14H15NOS2/c1-10-7-8-13(11(2)9-10)17-16-18-14-6-4-3-5-12(14)15/h3-9H,15H2,1-2H3. The lowest BCUT2D eigenvalue weighted by Crippen LogP contribution is -1.87. The molecule has 18 heavy (non-hydrogen) atoms. The van der Waals surface area contributed by atoms with Gasteiger partial charge in [0.15, 0.2) is 0 Å². The molecule has 4 heteroatoms. The van der Waals surface area contributed by atoms with Gasteiger partial charge in [0, 0.05) is 34.7 Å². The second-order valence-electron chi connectivity index (χ2n) is 4.04. The Labute approximate surface area is 116 Å². The van der Waals surface area contributed by atoms with Gasteiger partial charge in [-0.15, -0.1) is 0 Å². The molecule has 0 heterocycles. The van der Waals surface area contributed by atoms with Gasteiger partial charge in [-0.1, -0.05) is 29.8 Å². The SMILES string of the molecule is Cc1ccc(SOSc2ccccc2N)c(C)c1. The lowest BCUT2D eigenvalue weighted by atomic mass is 10.2. The zero-order chi connectivity index (χ0) is 13.0. The summed E-state index contributed by atoms with van der Waals surface area (Å²) in [6.07, 6.45) is 0. The third kappa shape index (κ3) is 3.45. The average molecular weight is 277 g/mol. The molecule has 0 fully saturated rings. The third-order valence-corrected chi connectivity index (χ3v) is 4.23. The summed E-state index contributed by atoms with van der Waals surface area (Å²) in [7, 11) is 0. The van der Waals surface area contributed by atoms with Crippen molar-refractivity contribution in [2.75, 3.05) is 5.73 Å². The lowest BCUT2D eigenvalue weighted by Gasteiger charge is -2.06. The van der Waals surface area contributed by atoms with Crippen molar-refractivity contribution in [2.45, 2.75) is 23.6 Å². The normalized spacial score (nSPS) is 10.6. The Morgan fingerprint density at radius 1 is 0.944 bits per heavy atom. The fraction of sp³-hybridized carbons (Fsp3) is 0.143. The Balaban J connectivity index is 1.95. The van der Waals surface area contributed by atoms with Gasteiger partial charge in [-0.25, -0.2) is 3.63 Å². The molecule has 0 saturated heterocycles. The summed E-state index contributed by atoms with van der Waals surface area (Å²) in [5.74, 6) is 0. The fourth-order valence-electron chi connectivity index (χ4n) is 1.54. The van der Waals surface area contributed by atoms with Crippen molar-refractivity contribution in [1.29, 1.82) is 0 Å². The predicted molar refractivity (Wildman–Crippen MR) is 79.6 cm³/mol. The largest absolute Gasteiger partial charge is 0.398 e. The molecule has 0 atom stereocenters. The van der Waals surface area contributed by atoms with Gasteiger partial charge in [-0.05, 0) is 37.6 Å². The number of rotatable bonds is 4. The van der Waals surface area contributed by atoms with Gasteiger partial charge in [-0.3, -0.25) is 0 Å². The van der Waals surface area contributed by atoms with Crippen molar-refractivity contribution in [3.63, 3.8) is 0 Å². The molecule has 2 nitrogen and oxygen atoms in total. The summed E-state index contributed by atoms with van der Waals surface area (Å²) in [5, 5.41) is 0. The Hall–Kier alpha value is -1.10. The van der Waals surface area contributed by atoms with E-state index < -0.39 is 0 Å². The number of benzene rings is 2. The van der Waals surface area contributed by atoms with E-state index in [0.29, 0.717) is 0 Å². The van der Waals surface area contributed by atoms with Crippen LogP contribution in [-0.4, -0.2) is 0 Å². The van der Waals surface area contributed by atoms with E-state index in [1.165, 1.54) is 35.2 Å². The van der Waals surface area contributed by atoms with Crippen LogP contribution in [0.15, 0.2) is 52.3 Å². The topological polar surface area (TPSA) is 35.2 Å². The van der Waals surface area contributed by atoms with E-state index in [1.807, 2.05) is 24.3 Å². The number of nitrogen functional groups attached to an aromatic ring is 1. The number of hydrogen-bond acceptors (Lipinski definition) is 4. The van der Waals surface area contributed by atoms with Gasteiger partial charge in [0.1, 0.15) is 0 Å². The first kappa shape index (κ1) is 13.3. The summed E-state index contributed by atoms with van der Waals surface area (Å²) in [5.41, 5.74) is 9.06. The van der Waals surface area contributed by atoms with Crippen molar-refractivity contribution in [1.82, 2.24) is 0 Å². The highest BCUT2D eigenvalue weighted by Gasteiger charge is 2.03. The molecule has 0 aliphatic heterocycles. The zero-order valence-electron chi connectivity index (χ0n) is 10.3. The third-order valence-electron chi connectivity index (χ3n) is 2.50. The molecule has 0 unspecified atom stereocenters. The maximum atomic E-state index is 5.84. The number of hydrogen-bond donors (Lipinski definition) is 1. The van der Waals surface area contributed by atoms with E-state index in [-0.39, 0.29) is 0 Å². The van der Waals surface area contributed by atoms with E-state index in [2.05, 4.69) is 32.0 Å². The van der Waals surface area contributed by atoms with Crippen LogP contribution in [0, 0.1) is 13.8 Å². The van der Waals surface area contributed by atoms with Gasteiger partial charge < -0.3 is 5.73 Å². The second kappa shape index (κ2) is 6.18. The molecule has 0 aromatic heterocycles. The second-order valence-corrected chi connectivity index (χ2v) is 5.80. The number of aryl methyl sites for hydroxylation is 2. The fourth-order valence-corrected chi connectivity index (χ4v) is 2.87. The zero-order valence-corrected chi connectivity index (χ0v) is 12.0. The van der Waals surface area contributed by atoms with Gasteiger partial charge >= 0.3 is 0 Å². The molecule has 0 spiro atoms. The quantitative estimate of drug-likeness (QED) is 0.653. The van der Waals surface area contributed by atoms with Crippen LogP contribution >= 0.6 is 24.1 Å². The monoisotopic (exact) mass is 277 g/mol. The minimum atomic E-state index is 0.740. The number of anilines is 1. The first-order valence-corrected chi connectivity index (χ1v) is 7.08. The smallest absolute Gasteiger partial charge is 0.0595 e. The Kier molecular flexibility index (Phi) is 4.58. The van der Waals surface area contributed by atoms with Crippen molar-refractivity contribution in [2.24, 2.45) is 0 Å². The highest BCUT2D eigenvalue weighted by atomic mass is 32.2. The van der Waals surface area contributed by atoms with E-state index >= 15 is 0 Å². The minimum absolute atomic E-state index is 0.740. The Morgan fingerprint density at radius 2 is 1.67 bits per heavy atom. The predicted octanol–water partition coefficient (Wildman–Crippen LogP) is 4.62. The molecule has 2 aromatic carbocycles. The molecule has 94 valence electrons. The van der Waals surface area contributed by atoms with E-state index in [1.54, 1.807) is 0 Å². The van der Waals surface area contributed by atoms with Crippen LogP contribution in [-0.2, 0) is 3.63 Å². The molecular formula is C14H15NOS2. The first-order chi connectivity index (χ1) is 8.66. The van der Waals surface area contributed by atoms with Gasteiger partial charge in [0.25, 0.3) is 0 Å². The minimum Gasteiger partial charge on any atom is -0.398 e. The Morgan fingerprint density at radius 3 is 2.39 bits per heavy atom. The summed E-state index contributed by atoms with van der Waals surface area (Å²) >= 11 is 2.66. The maximum Gasteiger partial charge on any atom is 0.0595 e. The molecule has 0 radical (unpaired) electrons. The maximum absolute atomic E-state index is 5.84. The van der Waals surface area contributed by atoms with Crippen LogP contribution in [0.2, 0.25) is 0 Å². The van der Waals surface area contributed by atoms with Crippen LogP contribution in [0.4, 0.5) is 5.69 Å². The van der Waals surface area contributed by atoms with Crippen LogP contribution in [0.25, 0.3) is 0 Å². The van der Waals surface area contributed by atoms with Gasteiger partial charge in [0.2, 0.25) is 0 Å². The summed E-state index contributed by atoms with van der Waals surface area (Å²) in [6, 6.07) is 14.0. The highest BCUT2D eigenvalue weighted by Crippen LogP contribution is 2.33. The van der Waals surface area contributed by atoms with Gasteiger partial charge in [0.05, 0.1) is 4.90 Å². The van der Waals surface area contributed by atoms with E-state index in [0.717, 1.165) is 15.5 Å². The van der Waals surface area contributed by atoms with Crippen molar-refractivity contribution in [3.05, 3.63) is 53.6 Å². The van der Waals surface area contributed by atoms with Crippen LogP contribution in [0.3, 0.4) is 0 Å². The van der Waals surface area contributed by atoms with Crippen molar-refractivity contribution in [3.8, 4) is 0 Å². The number of nitrogens with two attached hydrogens (primary N) is 1. The molecular weight excluding hydrogens is 262 g/mol. The molecule has 2 N–H and O–H groups in total. The molecule has 0 bridgehead atoms. The van der Waals surface area contributed by atoms with E-state index in [9.17, 15) is 0 Å². The van der Waals surface area contributed by atoms with Crippen molar-refractivity contribution < 1.29 is 3.63 Å². The molecule has 0 aliphatic rings. The molecule has 2 aromatic rings. The number of para-hydroxylation sites is 1. The van der Waals surface area contributed by atoms with Crippen molar-refractivity contribution >= 4 is 29.8 Å². The molecule has 0 amide bonds. The Bertz CT molecular complexity index is 543.